The van der Waals surface area contributed by atoms with E-state index < -0.39 is 0 Å². The zero-order chi connectivity index (χ0) is 42.3. The maximum atomic E-state index is 11.2. The third kappa shape index (κ3) is 23.5. The van der Waals surface area contributed by atoms with Gasteiger partial charge in [-0.05, 0) is 115 Å². The van der Waals surface area contributed by atoms with Crippen LogP contribution in [0.4, 0.5) is 11.4 Å². The fourth-order valence-corrected chi connectivity index (χ4v) is 6.93. The van der Waals surface area contributed by atoms with E-state index in [0.29, 0.717) is 24.2 Å². The van der Waals surface area contributed by atoms with E-state index in [4.69, 9.17) is 4.74 Å². The SMILES string of the molecule is C.C.C.C=C1CCN(C(C)=O)CC1.CC(=O)C1CCCCC1.CC(=O)Cc1ccc(N(C)C)cc1.CC(=O)c1ccc(N2CCN(C(C)=O)CC2)cc1.CC1CCCCO1. The minimum Gasteiger partial charge on any atom is -0.379 e. The largest absolute Gasteiger partial charge is 0.379 e. The third-order valence-corrected chi connectivity index (χ3v) is 10.8. The van der Waals surface area contributed by atoms with Gasteiger partial charge in [-0.3, -0.25) is 24.0 Å². The molecule has 10 nitrogen and oxygen atoms in total. The Morgan fingerprint density at radius 2 is 1.17 bits per heavy atom. The van der Waals surface area contributed by atoms with Crippen LogP contribution in [0.15, 0.2) is 60.7 Å². The Hall–Kier alpha value is -4.31. The lowest BCUT2D eigenvalue weighted by molar-refractivity contribution is -0.130. The first-order valence-corrected chi connectivity index (χ1v) is 21.0. The van der Waals surface area contributed by atoms with Crippen LogP contribution in [0.2, 0.25) is 0 Å². The number of nitrogens with zero attached hydrogens (tertiary/aromatic N) is 4. The number of hydrogen-bond acceptors (Lipinski definition) is 8. The minimum absolute atomic E-state index is 0. The van der Waals surface area contributed by atoms with E-state index in [0.717, 1.165) is 94.1 Å². The zero-order valence-corrected chi connectivity index (χ0v) is 36.4. The molecular formula is C50H84N4O6. The van der Waals surface area contributed by atoms with E-state index >= 15 is 0 Å². The summed E-state index contributed by atoms with van der Waals surface area (Å²) < 4.78 is 5.28. The number of ketones is 3. The average Bonchev–Trinajstić information content (AvgIpc) is 3.20. The predicted molar refractivity (Wildman–Crippen MR) is 253 cm³/mol. The van der Waals surface area contributed by atoms with Crippen molar-refractivity contribution in [3.05, 3.63) is 71.8 Å². The molecule has 1 aliphatic carbocycles. The second kappa shape index (κ2) is 31.5. The Labute approximate surface area is 366 Å². The molecule has 1 saturated carbocycles. The van der Waals surface area contributed by atoms with Crippen molar-refractivity contribution in [1.82, 2.24) is 9.80 Å². The highest BCUT2D eigenvalue weighted by molar-refractivity contribution is 5.94. The average molecular weight is 837 g/mol. The molecule has 0 spiro atoms. The van der Waals surface area contributed by atoms with Gasteiger partial charge in [0, 0.05) is 103 Å². The zero-order valence-electron chi connectivity index (χ0n) is 36.4. The molecule has 2 amide bonds. The van der Waals surface area contributed by atoms with Crippen LogP contribution in [0, 0.1) is 5.92 Å². The molecule has 0 bridgehead atoms. The number of carbonyl (C=O) groups excluding carboxylic acids is 5. The van der Waals surface area contributed by atoms with E-state index in [-0.39, 0.29) is 45.7 Å². The Bertz CT molecular complexity index is 1530. The lowest BCUT2D eigenvalue weighted by atomic mass is 9.87. The fourth-order valence-electron chi connectivity index (χ4n) is 6.93. The van der Waals surface area contributed by atoms with E-state index in [1.165, 1.54) is 44.1 Å². The minimum atomic E-state index is 0. The molecule has 0 radical (unpaired) electrons. The van der Waals surface area contributed by atoms with Crippen molar-refractivity contribution >= 4 is 40.5 Å². The van der Waals surface area contributed by atoms with E-state index in [1.54, 1.807) is 34.6 Å². The maximum absolute atomic E-state index is 11.2. The van der Waals surface area contributed by atoms with Crippen molar-refractivity contribution in [2.45, 2.75) is 141 Å². The van der Waals surface area contributed by atoms with Gasteiger partial charge in [-0.25, -0.2) is 0 Å². The highest BCUT2D eigenvalue weighted by atomic mass is 16.5. The molecule has 3 aliphatic heterocycles. The first kappa shape index (κ1) is 57.8. The van der Waals surface area contributed by atoms with Gasteiger partial charge in [-0.2, -0.15) is 0 Å². The number of amides is 2. The third-order valence-electron chi connectivity index (χ3n) is 10.8. The number of carbonyl (C=O) groups is 5. The Balaban J connectivity index is 0. The van der Waals surface area contributed by atoms with Crippen molar-refractivity contribution in [3.8, 4) is 0 Å². The molecule has 2 aromatic carbocycles. The highest BCUT2D eigenvalue weighted by Crippen LogP contribution is 2.24. The molecule has 0 aromatic heterocycles. The summed E-state index contributed by atoms with van der Waals surface area (Å²) in [6.07, 6.45) is 13.1. The number of ether oxygens (including phenoxy) is 1. The molecule has 4 aliphatic rings. The fraction of sp³-hybridized carbons (Fsp3) is 0.620. The number of piperazine rings is 1. The van der Waals surface area contributed by atoms with Gasteiger partial charge in [-0.1, -0.05) is 65.8 Å². The molecule has 2 aromatic rings. The normalized spacial score (nSPS) is 17.2. The van der Waals surface area contributed by atoms with E-state index in [1.807, 2.05) is 77.3 Å². The number of anilines is 2. The monoisotopic (exact) mass is 837 g/mol. The summed E-state index contributed by atoms with van der Waals surface area (Å²) in [7, 11) is 4.00. The molecule has 340 valence electrons. The van der Waals surface area contributed by atoms with Crippen molar-refractivity contribution in [3.63, 3.8) is 0 Å². The molecule has 1 unspecified atom stereocenters. The second-order valence-electron chi connectivity index (χ2n) is 15.9. The summed E-state index contributed by atoms with van der Waals surface area (Å²) in [5.41, 5.74) is 5.37. The number of Topliss-reactive ketones (excluding diaryl/α,β-unsaturated/α-hetero) is 3. The van der Waals surface area contributed by atoms with Gasteiger partial charge >= 0.3 is 0 Å². The highest BCUT2D eigenvalue weighted by Gasteiger charge is 2.19. The molecule has 6 rings (SSSR count). The summed E-state index contributed by atoms with van der Waals surface area (Å²) in [5, 5.41) is 0. The van der Waals surface area contributed by atoms with Gasteiger partial charge in [0.25, 0.3) is 0 Å². The predicted octanol–water partition coefficient (Wildman–Crippen LogP) is 10.3. The van der Waals surface area contributed by atoms with Crippen LogP contribution < -0.4 is 9.80 Å². The number of hydrogen-bond donors (Lipinski definition) is 0. The van der Waals surface area contributed by atoms with Crippen LogP contribution in [0.5, 0.6) is 0 Å². The summed E-state index contributed by atoms with van der Waals surface area (Å²) in [4.78, 5) is 62.9. The molecule has 10 heteroatoms. The Kier molecular flexibility index (Phi) is 30.4. The van der Waals surface area contributed by atoms with Crippen LogP contribution in [0.25, 0.3) is 0 Å². The van der Waals surface area contributed by atoms with Crippen molar-refractivity contribution in [1.29, 1.82) is 0 Å². The lowest BCUT2D eigenvalue weighted by Crippen LogP contribution is -2.48. The van der Waals surface area contributed by atoms with Gasteiger partial charge in [0.1, 0.15) is 11.6 Å². The number of benzene rings is 2. The maximum Gasteiger partial charge on any atom is 0.219 e. The summed E-state index contributed by atoms with van der Waals surface area (Å²) in [5.74, 6) is 1.43. The molecular weight excluding hydrogens is 753 g/mol. The van der Waals surface area contributed by atoms with Gasteiger partial charge in [0.2, 0.25) is 11.8 Å². The van der Waals surface area contributed by atoms with E-state index in [9.17, 15) is 24.0 Å². The molecule has 0 N–H and O–H groups in total. The molecule has 4 fully saturated rings. The Morgan fingerprint density at radius 1 is 0.667 bits per heavy atom. The summed E-state index contributed by atoms with van der Waals surface area (Å²) in [6.45, 7) is 20.1. The first-order valence-electron chi connectivity index (χ1n) is 21.0. The smallest absolute Gasteiger partial charge is 0.219 e. The molecule has 3 heterocycles. The number of likely N-dealkylation sites (tertiary alicyclic amines) is 1. The van der Waals surface area contributed by atoms with Crippen LogP contribution in [0.1, 0.15) is 144 Å². The molecule has 1 atom stereocenters. The van der Waals surface area contributed by atoms with Crippen LogP contribution in [-0.4, -0.2) is 105 Å². The Morgan fingerprint density at radius 3 is 1.53 bits per heavy atom. The quantitative estimate of drug-likeness (QED) is 0.209. The van der Waals surface area contributed by atoms with Gasteiger partial charge in [0.05, 0.1) is 6.10 Å². The van der Waals surface area contributed by atoms with Gasteiger partial charge in [0.15, 0.2) is 5.78 Å². The number of rotatable bonds is 6. The molecule has 3 saturated heterocycles. The van der Waals surface area contributed by atoms with Gasteiger partial charge < -0.3 is 24.3 Å². The standard InChI is InChI=1S/C14H18N2O2.C11H15NO.C8H13NO.C8H14O.C6H12O.3CH4/c1-11(17)13-3-5-14(6-4-13)16-9-7-15(8-10-16)12(2)18;1-9(13)8-10-4-6-11(7-5-10)12(2)3;1-7-3-5-9(6-4-7)8(2)10;1-7(9)8-5-3-2-4-6-8;1-6-4-2-3-5-7-6;;;/h3-6H,7-10H2,1-2H3;4-7H,8H2,1-3H3;1,3-6H2,2H3;8H,2-6H2,1H3;6H,2-5H2,1H3;3*1H4. The summed E-state index contributed by atoms with van der Waals surface area (Å²) >= 11 is 0. The molecule has 60 heavy (non-hydrogen) atoms. The second-order valence-corrected chi connectivity index (χ2v) is 15.9. The van der Waals surface area contributed by atoms with Crippen molar-refractivity contribution < 1.29 is 28.7 Å². The number of piperidine rings is 1. The lowest BCUT2D eigenvalue weighted by Gasteiger charge is -2.35. The van der Waals surface area contributed by atoms with Crippen molar-refractivity contribution in [2.75, 3.05) is 69.8 Å². The van der Waals surface area contributed by atoms with Crippen LogP contribution in [0.3, 0.4) is 0 Å². The first-order chi connectivity index (χ1) is 27.1. The van der Waals surface area contributed by atoms with E-state index in [2.05, 4.69) is 18.4 Å². The van der Waals surface area contributed by atoms with Crippen molar-refractivity contribution in [2.24, 2.45) is 5.92 Å². The van der Waals surface area contributed by atoms with Crippen LogP contribution in [-0.2, 0) is 30.3 Å². The topological polar surface area (TPSA) is 108 Å². The van der Waals surface area contributed by atoms with Gasteiger partial charge in [-0.15, -0.1) is 0 Å². The van der Waals surface area contributed by atoms with Crippen LogP contribution >= 0.6 is 0 Å². The summed E-state index contributed by atoms with van der Waals surface area (Å²) in [6, 6.07) is 15.7.